The highest BCUT2D eigenvalue weighted by Crippen LogP contribution is 2.16. The minimum Gasteiger partial charge on any atom is -0.434 e. The number of hydrogen-bond acceptors (Lipinski definition) is 19. The van der Waals surface area contributed by atoms with Crippen molar-refractivity contribution in [3.63, 3.8) is 0 Å². The van der Waals surface area contributed by atoms with Crippen LogP contribution in [0.4, 0.5) is 14.4 Å². The molecule has 26 heteroatoms. The summed E-state index contributed by atoms with van der Waals surface area (Å²) in [4.78, 5) is 126. The van der Waals surface area contributed by atoms with Crippen LogP contribution in [0, 0.1) is 5.92 Å². The van der Waals surface area contributed by atoms with Crippen molar-refractivity contribution in [3.8, 4) is 0 Å². The summed E-state index contributed by atoms with van der Waals surface area (Å²) < 4.78 is 48.9. The molecule has 0 radical (unpaired) electrons. The summed E-state index contributed by atoms with van der Waals surface area (Å²) in [6.45, 7) is 6.47. The Balaban J connectivity index is 1.48. The van der Waals surface area contributed by atoms with Gasteiger partial charge in [0.15, 0.2) is 0 Å². The first-order valence-corrected chi connectivity index (χ1v) is 36.2. The van der Waals surface area contributed by atoms with Gasteiger partial charge in [-0.1, -0.05) is 156 Å². The van der Waals surface area contributed by atoms with E-state index >= 15 is 0 Å². The lowest BCUT2D eigenvalue weighted by molar-refractivity contribution is -0.130. The van der Waals surface area contributed by atoms with E-state index in [1.165, 1.54) is 25.7 Å². The van der Waals surface area contributed by atoms with E-state index < -0.39 is 24.0 Å². The first-order valence-electron chi connectivity index (χ1n) is 36.2. The van der Waals surface area contributed by atoms with Crippen LogP contribution < -0.4 is 37.2 Å². The molecule has 3 aromatic rings. The second-order valence-corrected chi connectivity index (χ2v) is 25.1. The highest BCUT2D eigenvalue weighted by molar-refractivity contribution is 5.78. The van der Waals surface area contributed by atoms with Crippen molar-refractivity contribution in [2.24, 2.45) is 5.92 Å². The lowest BCUT2D eigenvalue weighted by atomic mass is 10.0. The van der Waals surface area contributed by atoms with E-state index in [1.807, 2.05) is 91.0 Å². The fourth-order valence-corrected chi connectivity index (χ4v) is 9.85. The number of ether oxygens (including phenoxy) is 9. The van der Waals surface area contributed by atoms with Gasteiger partial charge in [0, 0.05) is 84.2 Å². The molecule has 7 amide bonds. The average Bonchev–Trinajstić information content (AvgIpc) is 0.880. The summed E-state index contributed by atoms with van der Waals surface area (Å²) in [7, 11) is 0. The fourth-order valence-electron chi connectivity index (χ4n) is 9.85. The number of hydrogen-bond donors (Lipinski definition) is 7. The SMILES string of the molecule is CC(C)CCCCCCCCCCC(=O)NC(COCCC(=O)NCCCNC(=O)CCCCOC(=O)OCc1ccccc1)(COCCC(=O)NCCCNC(=O)CCCCOC(=O)OCc1ccccc1)COCCC(=O)NCCCNC(=O)CCCCOC(=O)OCc1ccccc1. The zero-order valence-corrected chi connectivity index (χ0v) is 59.9. The molecule has 564 valence electrons. The van der Waals surface area contributed by atoms with Crippen LogP contribution in [0.25, 0.3) is 0 Å². The summed E-state index contributed by atoms with van der Waals surface area (Å²) >= 11 is 0. The van der Waals surface area contributed by atoms with E-state index in [0.717, 1.165) is 42.4 Å². The molecule has 0 saturated heterocycles. The predicted octanol–water partition coefficient (Wildman–Crippen LogP) is 10.1. The van der Waals surface area contributed by atoms with Gasteiger partial charge < -0.3 is 79.8 Å². The molecule has 0 aliphatic rings. The summed E-state index contributed by atoms with van der Waals surface area (Å²) in [5.74, 6) is -0.961. The van der Waals surface area contributed by atoms with Gasteiger partial charge in [0.2, 0.25) is 41.4 Å². The molecule has 0 aliphatic carbocycles. The van der Waals surface area contributed by atoms with Crippen molar-refractivity contribution in [1.82, 2.24) is 37.2 Å². The molecule has 0 fully saturated rings. The number of carbonyl (C=O) groups excluding carboxylic acids is 10. The summed E-state index contributed by atoms with van der Waals surface area (Å²) in [6, 6.07) is 27.7. The third kappa shape index (κ3) is 50.6. The maximum Gasteiger partial charge on any atom is 0.508 e. The second kappa shape index (κ2) is 58.3. The Kier molecular flexibility index (Phi) is 50.1. The van der Waals surface area contributed by atoms with Gasteiger partial charge in [-0.2, -0.15) is 0 Å². The predicted molar refractivity (Wildman–Crippen MR) is 379 cm³/mol. The summed E-state index contributed by atoms with van der Waals surface area (Å²) in [5.41, 5.74) is 1.22. The van der Waals surface area contributed by atoms with E-state index in [4.69, 9.17) is 42.6 Å². The molecular weight excluding hydrogens is 1300 g/mol. The van der Waals surface area contributed by atoms with Gasteiger partial charge >= 0.3 is 18.5 Å². The van der Waals surface area contributed by atoms with Gasteiger partial charge in [0.25, 0.3) is 0 Å². The van der Waals surface area contributed by atoms with E-state index in [0.29, 0.717) is 89.8 Å². The van der Waals surface area contributed by atoms with Crippen LogP contribution in [-0.4, -0.2) is 164 Å². The van der Waals surface area contributed by atoms with Gasteiger partial charge in [-0.25, -0.2) is 14.4 Å². The maximum absolute atomic E-state index is 13.9. The molecule has 101 heavy (non-hydrogen) atoms. The molecule has 0 unspecified atom stereocenters. The Labute approximate surface area is 597 Å². The lowest BCUT2D eigenvalue weighted by Gasteiger charge is -2.34. The molecule has 3 aromatic carbocycles. The van der Waals surface area contributed by atoms with E-state index in [2.05, 4.69) is 51.1 Å². The first-order chi connectivity index (χ1) is 49.1. The third-order valence-corrected chi connectivity index (χ3v) is 15.5. The zero-order valence-electron chi connectivity index (χ0n) is 59.9. The van der Waals surface area contributed by atoms with E-state index in [9.17, 15) is 47.9 Å². The molecule has 0 saturated carbocycles. The van der Waals surface area contributed by atoms with Crippen LogP contribution >= 0.6 is 0 Å². The Hall–Kier alpha value is -8.36. The topological polar surface area (TPSA) is 338 Å². The number of benzene rings is 3. The van der Waals surface area contributed by atoms with Crippen molar-refractivity contribution in [2.75, 3.05) is 98.7 Å². The normalized spacial score (nSPS) is 11.0. The standard InChI is InChI=1S/C75H115N7O19/c1-61(2)29-12-7-5-3-4-6-8-19-39-71(89)82-75(58-93-52-40-68(86)79-46-26-43-76-65(83)36-20-23-49-96-72(90)99-55-62-30-13-9-14-31-62,59-94-53-41-69(87)80-47-27-44-77-66(84)37-21-24-50-97-73(91)100-56-63-32-15-10-16-33-63)60-95-54-42-70(88)81-48-28-45-78-67(85)38-22-25-51-98-74(92)101-57-64-34-17-11-18-35-64/h9-11,13-18,30-35,61H,3-8,12,19-29,36-60H2,1-2H3,(H,76,83)(H,77,84)(H,78,85)(H,79,86)(H,80,87)(H,81,88)(H,82,89). The third-order valence-electron chi connectivity index (χ3n) is 15.5. The Morgan fingerprint density at radius 1 is 0.297 bits per heavy atom. The molecular formula is C75H115N7O19. The number of amides is 7. The maximum atomic E-state index is 13.9. The molecule has 0 spiro atoms. The molecule has 26 nitrogen and oxygen atoms in total. The number of nitrogens with one attached hydrogen (secondary N) is 7. The van der Waals surface area contributed by atoms with Crippen molar-refractivity contribution < 1.29 is 90.6 Å². The quantitative estimate of drug-likeness (QED) is 0.0157. The van der Waals surface area contributed by atoms with Crippen molar-refractivity contribution in [1.29, 1.82) is 0 Å². The zero-order chi connectivity index (χ0) is 72.9. The Morgan fingerprint density at radius 3 is 0.871 bits per heavy atom. The Bertz CT molecular complexity index is 2490. The van der Waals surface area contributed by atoms with Gasteiger partial charge in [0.05, 0.1) is 59.5 Å². The van der Waals surface area contributed by atoms with E-state index in [1.54, 1.807) is 0 Å². The summed E-state index contributed by atoms with van der Waals surface area (Å²) in [6.07, 6.45) is 12.5. The molecule has 0 aliphatic heterocycles. The molecule has 7 N–H and O–H groups in total. The fraction of sp³-hybridized carbons (Fsp3) is 0.627. The smallest absolute Gasteiger partial charge is 0.434 e. The van der Waals surface area contributed by atoms with Crippen molar-refractivity contribution >= 4 is 59.8 Å². The molecule has 0 aromatic heterocycles. The van der Waals surface area contributed by atoms with Gasteiger partial charge in [-0.15, -0.1) is 0 Å². The van der Waals surface area contributed by atoms with Crippen LogP contribution in [0.2, 0.25) is 0 Å². The highest BCUT2D eigenvalue weighted by atomic mass is 16.7. The first kappa shape index (κ1) is 86.9. The van der Waals surface area contributed by atoms with Crippen LogP contribution in [0.3, 0.4) is 0 Å². The van der Waals surface area contributed by atoms with E-state index in [-0.39, 0.29) is 185 Å². The van der Waals surface area contributed by atoms with Crippen LogP contribution in [0.15, 0.2) is 91.0 Å². The minimum absolute atomic E-state index is 0.0264. The monoisotopic (exact) mass is 1420 g/mol. The second-order valence-electron chi connectivity index (χ2n) is 25.1. The molecule has 0 atom stereocenters. The van der Waals surface area contributed by atoms with Crippen LogP contribution in [-0.2, 0) is 96.0 Å². The van der Waals surface area contributed by atoms with Crippen LogP contribution in [0.5, 0.6) is 0 Å². The molecule has 3 rings (SSSR count). The minimum atomic E-state index is -1.31. The van der Waals surface area contributed by atoms with Gasteiger partial charge in [-0.05, 0) is 86.8 Å². The number of carbonyl (C=O) groups is 10. The largest absolute Gasteiger partial charge is 0.508 e. The van der Waals surface area contributed by atoms with Crippen molar-refractivity contribution in [3.05, 3.63) is 108 Å². The van der Waals surface area contributed by atoms with Crippen molar-refractivity contribution in [2.45, 2.75) is 200 Å². The van der Waals surface area contributed by atoms with Gasteiger partial charge in [-0.3, -0.25) is 33.6 Å². The molecule has 0 heterocycles. The molecule has 0 bridgehead atoms. The average molecular weight is 1420 g/mol. The highest BCUT2D eigenvalue weighted by Gasteiger charge is 2.34. The number of rotatable bonds is 60. The van der Waals surface area contributed by atoms with Crippen LogP contribution in [0.1, 0.15) is 191 Å². The number of unbranched alkanes of at least 4 members (excludes halogenated alkanes) is 10. The summed E-state index contributed by atoms with van der Waals surface area (Å²) in [5, 5.41) is 20.1. The Morgan fingerprint density at radius 2 is 0.564 bits per heavy atom. The van der Waals surface area contributed by atoms with Gasteiger partial charge in [0.1, 0.15) is 25.4 Å². The lowest BCUT2D eigenvalue weighted by Crippen LogP contribution is -2.58.